The monoisotopic (exact) mass is 614 g/mol. The van der Waals surface area contributed by atoms with Gasteiger partial charge in [0.1, 0.15) is 12.6 Å². The second kappa shape index (κ2) is 11.6. The van der Waals surface area contributed by atoms with Crippen LogP contribution in [0.15, 0.2) is 48.5 Å². The number of fused-ring (bicyclic) bond motifs is 1. The van der Waals surface area contributed by atoms with Crippen molar-refractivity contribution >= 4 is 49.6 Å². The molecule has 12 heteroatoms. The number of nitrogens with zero attached hydrogens (tertiary/aromatic N) is 2. The first-order valence-electron chi connectivity index (χ1n) is 13.6. The molecule has 224 valence electrons. The van der Waals surface area contributed by atoms with E-state index in [4.69, 9.17) is 25.5 Å². The van der Waals surface area contributed by atoms with Gasteiger partial charge in [-0.05, 0) is 61.5 Å². The topological polar surface area (TPSA) is 120 Å². The number of likely N-dealkylation sites (tertiary alicyclic amines) is 1. The third-order valence-electron chi connectivity index (χ3n) is 8.27. The summed E-state index contributed by atoms with van der Waals surface area (Å²) in [5, 5.41) is 0.238. The number of imide groups is 1. The van der Waals surface area contributed by atoms with Crippen LogP contribution in [0.1, 0.15) is 58.8 Å². The molecule has 0 N–H and O–H groups in total. The molecule has 0 radical (unpaired) electrons. The molecular weight excluding hydrogens is 580 g/mol. The van der Waals surface area contributed by atoms with Crippen LogP contribution in [0.25, 0.3) is 0 Å². The van der Waals surface area contributed by atoms with Crippen LogP contribution >= 0.6 is 11.6 Å². The van der Waals surface area contributed by atoms with Gasteiger partial charge >= 0.3 is 11.9 Å². The number of hydrogen-bond donors (Lipinski definition) is 0. The molecule has 2 aliphatic rings. The van der Waals surface area contributed by atoms with Crippen LogP contribution in [0.3, 0.4) is 0 Å². The summed E-state index contributed by atoms with van der Waals surface area (Å²) in [5.74, 6) is -3.36. The fourth-order valence-corrected chi connectivity index (χ4v) is 6.53. The average Bonchev–Trinajstić information content (AvgIpc) is 3.17. The van der Waals surface area contributed by atoms with Crippen LogP contribution in [0, 0.1) is 0 Å². The van der Waals surface area contributed by atoms with Gasteiger partial charge in [-0.25, -0.2) is 9.59 Å². The Hall–Kier alpha value is -3.54. The summed E-state index contributed by atoms with van der Waals surface area (Å²) in [7, 11) is -1.22. The van der Waals surface area contributed by atoms with Crippen LogP contribution < -0.4 is 0 Å². The number of rotatable bonds is 9. The lowest BCUT2D eigenvalue weighted by molar-refractivity contribution is -0.178. The molecule has 2 aliphatic heterocycles. The van der Waals surface area contributed by atoms with Crippen molar-refractivity contribution in [2.75, 3.05) is 13.7 Å². The van der Waals surface area contributed by atoms with Crippen molar-refractivity contribution in [1.82, 2.24) is 9.80 Å². The van der Waals surface area contributed by atoms with Gasteiger partial charge in [-0.1, -0.05) is 44.5 Å². The second-order valence-corrected chi connectivity index (χ2v) is 17.1. The molecule has 3 amide bonds. The Balaban J connectivity index is 1.68. The fourth-order valence-electron chi connectivity index (χ4n) is 5.00. The standard InChI is InChI=1S/C30H35ClN2O8Si/c1-17(41-42(6,7)30(2,3)4)23(29(38)39-5)32-22(16-40-28(37)18-12-14-19(31)15-13-18)24(27(32)36)33-25(34)20-10-8-9-11-21(20)26(33)35/h8-15,17,22-24H,16H2,1-7H3/t17-,22?,23?,24?/m1/s1. The summed E-state index contributed by atoms with van der Waals surface area (Å²) in [6.45, 7) is 11.5. The van der Waals surface area contributed by atoms with E-state index >= 15 is 0 Å². The molecule has 1 fully saturated rings. The summed E-state index contributed by atoms with van der Waals surface area (Å²) < 4.78 is 17.1. The summed E-state index contributed by atoms with van der Waals surface area (Å²) in [6, 6.07) is 8.76. The second-order valence-electron chi connectivity index (χ2n) is 11.9. The van der Waals surface area contributed by atoms with Crippen molar-refractivity contribution < 1.29 is 37.9 Å². The Morgan fingerprint density at radius 3 is 2.02 bits per heavy atom. The number of carbonyl (C=O) groups excluding carboxylic acids is 5. The van der Waals surface area contributed by atoms with Crippen LogP contribution in [0.5, 0.6) is 0 Å². The molecule has 2 heterocycles. The molecule has 2 aromatic carbocycles. The summed E-state index contributed by atoms with van der Waals surface area (Å²) >= 11 is 5.93. The lowest BCUT2D eigenvalue weighted by atomic mass is 9.89. The van der Waals surface area contributed by atoms with Gasteiger partial charge in [0.25, 0.3) is 11.8 Å². The molecule has 0 bridgehead atoms. The zero-order chi connectivity index (χ0) is 31.1. The van der Waals surface area contributed by atoms with Crippen molar-refractivity contribution in [3.8, 4) is 0 Å². The zero-order valence-corrected chi connectivity index (χ0v) is 26.4. The number of ether oxygens (including phenoxy) is 2. The molecule has 10 nitrogen and oxygen atoms in total. The normalized spacial score (nSPS) is 20.1. The van der Waals surface area contributed by atoms with Gasteiger partial charge in [-0.3, -0.25) is 19.3 Å². The van der Waals surface area contributed by atoms with Gasteiger partial charge in [0.2, 0.25) is 5.91 Å². The van der Waals surface area contributed by atoms with Crippen LogP contribution in [0.2, 0.25) is 23.2 Å². The molecule has 0 aromatic heterocycles. The quantitative estimate of drug-likeness (QED) is 0.177. The molecule has 3 unspecified atom stereocenters. The molecule has 2 aromatic rings. The number of benzene rings is 2. The number of esters is 2. The third-order valence-corrected chi connectivity index (χ3v) is 13.1. The largest absolute Gasteiger partial charge is 0.467 e. The van der Waals surface area contributed by atoms with E-state index < -0.39 is 68.8 Å². The molecule has 42 heavy (non-hydrogen) atoms. The first-order chi connectivity index (χ1) is 19.6. The Morgan fingerprint density at radius 1 is 0.976 bits per heavy atom. The predicted octanol–water partition coefficient (Wildman–Crippen LogP) is 4.32. The van der Waals surface area contributed by atoms with E-state index in [1.165, 1.54) is 48.4 Å². The minimum Gasteiger partial charge on any atom is -0.467 e. The zero-order valence-electron chi connectivity index (χ0n) is 24.7. The summed E-state index contributed by atoms with van der Waals surface area (Å²) in [4.78, 5) is 68.7. The van der Waals surface area contributed by atoms with Crippen molar-refractivity contribution in [2.45, 2.75) is 70.1 Å². The van der Waals surface area contributed by atoms with Crippen molar-refractivity contribution in [3.63, 3.8) is 0 Å². The maximum atomic E-state index is 13.9. The maximum Gasteiger partial charge on any atom is 0.338 e. The van der Waals surface area contributed by atoms with E-state index in [1.807, 2.05) is 33.9 Å². The van der Waals surface area contributed by atoms with Gasteiger partial charge in [0, 0.05) is 5.02 Å². The summed E-state index contributed by atoms with van der Waals surface area (Å²) in [6.07, 6.45) is -0.806. The Kier molecular flexibility index (Phi) is 8.69. The van der Waals surface area contributed by atoms with Gasteiger partial charge in [-0.15, -0.1) is 0 Å². The Bertz CT molecular complexity index is 1390. The number of carbonyl (C=O) groups is 5. The van der Waals surface area contributed by atoms with Crippen LogP contribution in [0.4, 0.5) is 0 Å². The first-order valence-corrected chi connectivity index (χ1v) is 16.9. The molecule has 1 saturated heterocycles. The molecular formula is C30H35ClN2O8Si. The highest BCUT2D eigenvalue weighted by atomic mass is 35.5. The maximum absolute atomic E-state index is 13.9. The SMILES string of the molecule is COC(=O)C([C@@H](C)O[Si](C)(C)C(C)(C)C)N1C(=O)C(N2C(=O)c3ccccc3C2=O)C1COC(=O)c1ccc(Cl)cc1. The van der Waals surface area contributed by atoms with Gasteiger partial charge in [-0.2, -0.15) is 0 Å². The van der Waals surface area contributed by atoms with Gasteiger partial charge in [0.05, 0.1) is 35.9 Å². The highest BCUT2D eigenvalue weighted by Crippen LogP contribution is 2.40. The molecule has 4 atom stereocenters. The number of amides is 3. The average molecular weight is 615 g/mol. The predicted molar refractivity (Wildman–Crippen MR) is 157 cm³/mol. The van der Waals surface area contributed by atoms with Crippen LogP contribution in [-0.2, 0) is 23.5 Å². The van der Waals surface area contributed by atoms with E-state index in [0.717, 1.165) is 4.90 Å². The van der Waals surface area contributed by atoms with Crippen molar-refractivity contribution in [2.24, 2.45) is 0 Å². The highest BCUT2D eigenvalue weighted by molar-refractivity contribution is 6.74. The lowest BCUT2D eigenvalue weighted by Gasteiger charge is -2.53. The van der Waals surface area contributed by atoms with E-state index in [2.05, 4.69) is 0 Å². The summed E-state index contributed by atoms with van der Waals surface area (Å²) in [5.41, 5.74) is 0.558. The minimum absolute atomic E-state index is 0.171. The third kappa shape index (κ3) is 5.60. The Labute approximate surface area is 251 Å². The number of methoxy groups -OCH3 is 1. The molecule has 0 saturated carbocycles. The van der Waals surface area contributed by atoms with E-state index in [1.54, 1.807) is 19.1 Å². The van der Waals surface area contributed by atoms with E-state index in [9.17, 15) is 24.0 Å². The minimum atomic E-state index is -2.42. The van der Waals surface area contributed by atoms with Crippen molar-refractivity contribution in [1.29, 1.82) is 0 Å². The smallest absolute Gasteiger partial charge is 0.338 e. The number of halogens is 1. The van der Waals surface area contributed by atoms with Crippen molar-refractivity contribution in [3.05, 3.63) is 70.2 Å². The van der Waals surface area contributed by atoms with Crippen LogP contribution in [-0.4, -0.2) is 85.7 Å². The van der Waals surface area contributed by atoms with Gasteiger partial charge < -0.3 is 18.8 Å². The van der Waals surface area contributed by atoms with E-state index in [-0.39, 0.29) is 21.7 Å². The lowest BCUT2D eigenvalue weighted by Crippen LogP contribution is -2.77. The van der Waals surface area contributed by atoms with E-state index in [0.29, 0.717) is 5.02 Å². The molecule has 0 spiro atoms. The fraction of sp³-hybridized carbons (Fsp3) is 0.433. The number of hydrogen-bond acceptors (Lipinski definition) is 8. The highest BCUT2D eigenvalue weighted by Gasteiger charge is 2.61. The molecule has 0 aliphatic carbocycles. The molecule has 4 rings (SSSR count). The number of β-lactam (4-membered cyclic amide) rings is 1. The Morgan fingerprint density at radius 2 is 1.52 bits per heavy atom. The van der Waals surface area contributed by atoms with Gasteiger partial charge in [0.15, 0.2) is 14.4 Å². The first kappa shape index (κ1) is 31.4.